The second-order valence-electron chi connectivity index (χ2n) is 22.7. The summed E-state index contributed by atoms with van der Waals surface area (Å²) in [6.45, 7) is 13.5. The fourth-order valence-corrected chi connectivity index (χ4v) is 13.1. The molecule has 29 nitrogen and oxygen atoms in total. The number of ether oxygens (including phenoxy) is 13. The first kappa shape index (κ1) is 112. The second-order valence-corrected chi connectivity index (χ2v) is 28.6. The first-order chi connectivity index (χ1) is 55.4. The van der Waals surface area contributed by atoms with Gasteiger partial charge in [-0.2, -0.15) is 27.0 Å². The van der Waals surface area contributed by atoms with Crippen molar-refractivity contribution in [1.29, 1.82) is 0 Å². The summed E-state index contributed by atoms with van der Waals surface area (Å²) in [4.78, 5) is 80.2. The zero-order valence-electron chi connectivity index (χ0n) is 67.5. The number of phenols is 4. The number of aldehydes is 1. The number of carbonyl (C=O) groups is 7. The number of halogens is 7. The molecule has 7 aromatic carbocycles. The average molecular weight is 2150 g/mol. The van der Waals surface area contributed by atoms with Crippen molar-refractivity contribution in [3.63, 3.8) is 0 Å². The van der Waals surface area contributed by atoms with Crippen LogP contribution in [0.25, 0.3) is 0 Å². The lowest BCUT2D eigenvalue weighted by Crippen LogP contribution is -2.45. The van der Waals surface area contributed by atoms with Gasteiger partial charge >= 0.3 is 23.9 Å². The molecule has 2 fully saturated rings. The fourth-order valence-electron chi connectivity index (χ4n) is 9.93. The molecular formula is C80H103Br5ClIN2O27S2. The summed E-state index contributed by atoms with van der Waals surface area (Å²) in [5.41, 5.74) is 1.94. The number of likely N-dealkylation sites (tertiary alicyclic amines) is 1. The number of benzene rings is 7. The Labute approximate surface area is 761 Å². The van der Waals surface area contributed by atoms with E-state index in [9.17, 15) is 48.9 Å². The smallest absolute Gasteiger partial charge is 0.339 e. The van der Waals surface area contributed by atoms with Crippen LogP contribution < -0.4 is 52.7 Å². The molecule has 2 aliphatic heterocycles. The summed E-state index contributed by atoms with van der Waals surface area (Å²) < 4.78 is 69.2. The highest BCUT2D eigenvalue weighted by molar-refractivity contribution is 14.1. The Morgan fingerprint density at radius 2 is 0.856 bits per heavy atom. The number of aromatic carboxylic acids is 1. The van der Waals surface area contributed by atoms with E-state index >= 15 is 0 Å². The fraction of sp³-hybridized carbons (Fsp3) is 0.388. The van der Waals surface area contributed by atoms with Gasteiger partial charge in [0.2, 0.25) is 0 Å². The van der Waals surface area contributed by atoms with Gasteiger partial charge in [-0.05, 0) is 253 Å². The molecule has 1 amide bonds. The minimum Gasteiger partial charge on any atom is -0.507 e. The lowest BCUT2D eigenvalue weighted by atomic mass is 10.0. The molecule has 656 valence electrons. The number of amides is 1. The molecular weight excluding hydrogens is 2050 g/mol. The van der Waals surface area contributed by atoms with E-state index in [4.69, 9.17) is 79.4 Å². The van der Waals surface area contributed by atoms with Gasteiger partial charge in [-0.25, -0.2) is 19.2 Å². The van der Waals surface area contributed by atoms with Gasteiger partial charge < -0.3 is 108 Å². The number of carboxylic acid groups (broad SMARTS) is 1. The number of nitrogens with zero attached hydrogens (tertiary/aromatic N) is 1. The summed E-state index contributed by atoms with van der Waals surface area (Å²) in [5.74, 6) is 1.68. The number of hydrogen-bond acceptors (Lipinski definition) is 27. The Kier molecular flexibility index (Phi) is 59.6. The van der Waals surface area contributed by atoms with Crippen LogP contribution in [0.15, 0.2) is 119 Å². The number of rotatable bonds is 23. The maximum Gasteiger partial charge on any atom is 0.339 e. The predicted molar refractivity (Wildman–Crippen MR) is 485 cm³/mol. The Bertz CT molecular complexity index is 4170. The van der Waals surface area contributed by atoms with E-state index in [1.165, 1.54) is 122 Å². The highest BCUT2D eigenvalue weighted by atomic mass is 127. The van der Waals surface area contributed by atoms with Crippen LogP contribution in [0.2, 0.25) is 0 Å². The number of esters is 3. The van der Waals surface area contributed by atoms with Crippen LogP contribution in [-0.2, 0) is 14.2 Å². The minimum absolute atomic E-state index is 0. The Balaban J connectivity index is 0. The van der Waals surface area contributed by atoms with E-state index in [0.717, 1.165) is 32.2 Å². The number of hydrogen-bond donors (Lipinski definition) is 8. The number of carbonyl (C=O) groups excluding carboxylic acids is 6. The van der Waals surface area contributed by atoms with E-state index in [2.05, 4.69) is 129 Å². The molecule has 0 aliphatic carbocycles. The van der Waals surface area contributed by atoms with Gasteiger partial charge in [0.15, 0.2) is 75.3 Å². The molecule has 0 unspecified atom stereocenters. The van der Waals surface area contributed by atoms with Gasteiger partial charge in [0, 0.05) is 12.6 Å². The summed E-state index contributed by atoms with van der Waals surface area (Å²) in [6, 6.07) is 24.8. The molecule has 0 saturated carbocycles. The Morgan fingerprint density at radius 3 is 1.20 bits per heavy atom. The number of carboxylic acids is 1. The van der Waals surface area contributed by atoms with Crippen molar-refractivity contribution in [3.05, 3.63) is 158 Å². The number of aliphatic hydroxyl groups excluding tert-OH is 2. The molecule has 0 spiro atoms. The van der Waals surface area contributed by atoms with Crippen LogP contribution in [-0.4, -0.2) is 215 Å². The molecule has 118 heavy (non-hydrogen) atoms. The zero-order chi connectivity index (χ0) is 87.7. The van der Waals surface area contributed by atoms with Crippen LogP contribution in [0.3, 0.4) is 0 Å². The zero-order valence-corrected chi connectivity index (χ0v) is 80.3. The molecule has 8 N–H and O–H groups in total. The van der Waals surface area contributed by atoms with Gasteiger partial charge in [-0.1, -0.05) is 42.0 Å². The Morgan fingerprint density at radius 1 is 0.483 bits per heavy atom. The van der Waals surface area contributed by atoms with Crippen LogP contribution in [0.1, 0.15) is 146 Å². The number of aromatic hydroxyl groups is 4. The average Bonchev–Trinajstić information content (AvgIpc) is 0.814. The normalized spacial score (nSPS) is 12.4. The molecule has 0 aromatic heterocycles. The van der Waals surface area contributed by atoms with Crippen LogP contribution >= 0.6 is 141 Å². The number of phenolic OH excluding ortho intramolecular Hbond substituents is 4. The molecule has 38 heteroatoms. The van der Waals surface area contributed by atoms with Gasteiger partial charge in [-0.15, -0.1) is 0 Å². The van der Waals surface area contributed by atoms with E-state index in [1.54, 1.807) is 61.6 Å². The van der Waals surface area contributed by atoms with Crippen molar-refractivity contribution < 1.29 is 131 Å². The monoisotopic (exact) mass is 2140 g/mol. The van der Waals surface area contributed by atoms with Crippen molar-refractivity contribution in [1.82, 2.24) is 10.2 Å². The molecule has 9 rings (SSSR count). The van der Waals surface area contributed by atoms with Gasteiger partial charge in [0.05, 0.1) is 171 Å². The Hall–Kier alpha value is -7.57. The molecule has 2 aliphatic rings. The van der Waals surface area contributed by atoms with Crippen LogP contribution in [0, 0.1) is 0 Å². The maximum atomic E-state index is 12.8. The van der Waals surface area contributed by atoms with Gasteiger partial charge in [-0.3, -0.25) is 14.4 Å². The quantitative estimate of drug-likeness (QED) is 0.00736. The largest absolute Gasteiger partial charge is 0.507 e. The second kappa shape index (κ2) is 62.5. The summed E-state index contributed by atoms with van der Waals surface area (Å²) in [7, 11) is 12.9. The lowest BCUT2D eigenvalue weighted by molar-refractivity contribution is 0.0500. The van der Waals surface area contributed by atoms with E-state index in [0.29, 0.717) is 150 Å². The number of alkyl halides is 1. The predicted octanol–water partition coefficient (Wildman–Crippen LogP) is 17.1. The van der Waals surface area contributed by atoms with Crippen molar-refractivity contribution >= 4 is 182 Å². The highest BCUT2D eigenvalue weighted by Crippen LogP contribution is 2.43. The first-order valence-electron chi connectivity index (χ1n) is 35.3. The molecule has 2 atom stereocenters. The first-order valence-corrected chi connectivity index (χ1v) is 41.1. The lowest BCUT2D eigenvalue weighted by Gasteiger charge is -2.35. The van der Waals surface area contributed by atoms with Crippen molar-refractivity contribution in [2.24, 2.45) is 0 Å². The topological polar surface area (TPSA) is 396 Å². The molecule has 2 heterocycles. The maximum absolute atomic E-state index is 12.8. The number of aliphatic hydroxyl groups is 2. The number of nitrogens with one attached hydrogen (secondary N) is 1. The number of piperidine rings is 2. The SMILES string of the molecule is CCI.CCOc1c(OC)ccc(C(=O)Cl)c1Br.CCOc1c(OC)ccc(C(=O)N2CCCC[C@H]2CO)c1Br.CCOc1c(OC)ccc(C(=O)O)c1Br.CCOc1c(OC)ccc(C(=O)OC)c1Br.COC(=O)c1ccc(OC)c(O)c1.COC(=O)c1ccc(OC)c(O)c1Br.O=Cc1c(O)cccc1O.OC[C@@H]1CCCCN1.S.S. The molecule has 2 saturated heterocycles. The number of methoxy groups -OCH3 is 9. The summed E-state index contributed by atoms with van der Waals surface area (Å²) >= 11 is 24.0. The van der Waals surface area contributed by atoms with Gasteiger partial charge in [0.25, 0.3) is 11.1 Å². The van der Waals surface area contributed by atoms with Crippen LogP contribution in [0.4, 0.5) is 0 Å². The standard InChI is InChI=1S/C16H22BrNO4.C11H13BrO4.C10H10BrClO3.C10H11BrO4.C9H9BrO4.C9H10O4.C7H6O3.C6H13NO.C2H5I.2H2S/c1-3-22-15-13(21-2)8-7-12(14(15)17)16(20)18-9-5-4-6-11(18)10-19;1-4-16-10-8(14-2)6-5-7(9(10)12)11(13)15-3;2*1-3-15-9-7(14-2)5-4-6(8(9)11)10(12)13;1-13-6-4-3-5(9(12)14-2)7(10)8(6)11;1-12-8-4-3-6(5-7(8)10)9(11)13-2;8-4-5-6(9)2-1-3-7(5)10;8-5-6-3-1-2-4-7-6;1-2-3;;/h7-8,11,19H,3-6,9-10H2,1-2H3;5-6H,4H2,1-3H3;4-5H,3H2,1-2H3;4-5H,3H2,1-2H3,(H,12,13);3-4,11H,1-2H3;3-5,10H,1-2H3;1-4,9-10H;6-8H,1-5H2;2H2,1H3;2*1H2/t11-;;;;;;;6-;;;/m0......0.../s1. The van der Waals surface area contributed by atoms with Crippen LogP contribution in [0.5, 0.6) is 80.5 Å². The van der Waals surface area contributed by atoms with E-state index in [1.807, 2.05) is 27.7 Å². The van der Waals surface area contributed by atoms with E-state index in [-0.39, 0.29) is 89.7 Å². The third kappa shape index (κ3) is 35.6. The third-order valence-corrected chi connectivity index (χ3v) is 19.7. The highest BCUT2D eigenvalue weighted by Gasteiger charge is 2.30. The van der Waals surface area contributed by atoms with Gasteiger partial charge in [0.1, 0.15) is 11.5 Å². The summed E-state index contributed by atoms with van der Waals surface area (Å²) in [6.07, 6.45) is 6.96. The van der Waals surface area contributed by atoms with Crippen molar-refractivity contribution in [2.45, 2.75) is 85.2 Å². The van der Waals surface area contributed by atoms with E-state index < -0.39 is 29.1 Å². The minimum atomic E-state index is -1.01. The summed E-state index contributed by atoms with van der Waals surface area (Å²) in [5, 5.41) is 66.3. The molecule has 0 bridgehead atoms. The van der Waals surface area contributed by atoms with Crippen molar-refractivity contribution in [2.75, 3.05) is 121 Å². The third-order valence-electron chi connectivity index (χ3n) is 15.6. The molecule has 0 radical (unpaired) electrons. The van der Waals surface area contributed by atoms with Crippen molar-refractivity contribution in [3.8, 4) is 80.5 Å². The molecule has 7 aromatic rings.